The van der Waals surface area contributed by atoms with Gasteiger partial charge in [-0.2, -0.15) is 5.10 Å². The molecule has 0 unspecified atom stereocenters. The zero-order chi connectivity index (χ0) is 15.7. The van der Waals surface area contributed by atoms with Crippen molar-refractivity contribution in [3.8, 4) is 0 Å². The van der Waals surface area contributed by atoms with E-state index in [-0.39, 0.29) is 12.3 Å². The number of amides is 1. The number of hydrogen-bond acceptors (Lipinski definition) is 4. The van der Waals surface area contributed by atoms with Crippen LogP contribution < -0.4 is 5.32 Å². The standard InChI is InChI=1S/C16H21N5O/c1-10(2)12-6-13(9-17-8-12)18-15(22)7-14-19-16(11-4-5-11)20-21(14)3/h6,8-11H,4-5,7H2,1-3H3,(H,18,22). The van der Waals surface area contributed by atoms with Gasteiger partial charge in [-0.25, -0.2) is 4.98 Å². The molecule has 2 aromatic rings. The molecule has 1 fully saturated rings. The fourth-order valence-corrected chi connectivity index (χ4v) is 2.30. The van der Waals surface area contributed by atoms with Crippen LogP contribution in [-0.4, -0.2) is 25.7 Å². The van der Waals surface area contributed by atoms with Crippen LogP contribution in [0.15, 0.2) is 18.5 Å². The van der Waals surface area contributed by atoms with Crippen molar-refractivity contribution in [1.29, 1.82) is 0 Å². The Hall–Kier alpha value is -2.24. The molecule has 1 amide bonds. The summed E-state index contributed by atoms with van der Waals surface area (Å²) in [6.07, 6.45) is 6.02. The summed E-state index contributed by atoms with van der Waals surface area (Å²) >= 11 is 0. The Bertz CT molecular complexity index is 688. The lowest BCUT2D eigenvalue weighted by atomic mass is 10.1. The summed E-state index contributed by atoms with van der Waals surface area (Å²) in [4.78, 5) is 20.8. The van der Waals surface area contributed by atoms with Gasteiger partial charge in [0, 0.05) is 19.2 Å². The number of nitrogens with zero attached hydrogens (tertiary/aromatic N) is 4. The van der Waals surface area contributed by atoms with Gasteiger partial charge in [-0.15, -0.1) is 0 Å². The molecular weight excluding hydrogens is 278 g/mol. The molecule has 1 N–H and O–H groups in total. The third-order valence-electron chi connectivity index (χ3n) is 3.84. The zero-order valence-electron chi connectivity index (χ0n) is 13.2. The van der Waals surface area contributed by atoms with E-state index in [9.17, 15) is 4.79 Å². The highest BCUT2D eigenvalue weighted by atomic mass is 16.1. The number of carbonyl (C=O) groups excluding carboxylic acids is 1. The van der Waals surface area contributed by atoms with Gasteiger partial charge in [0.25, 0.3) is 0 Å². The van der Waals surface area contributed by atoms with Crippen molar-refractivity contribution in [2.24, 2.45) is 7.05 Å². The Morgan fingerprint density at radius 1 is 1.41 bits per heavy atom. The Morgan fingerprint density at radius 2 is 2.18 bits per heavy atom. The average molecular weight is 299 g/mol. The van der Waals surface area contributed by atoms with Gasteiger partial charge in [0.15, 0.2) is 5.82 Å². The van der Waals surface area contributed by atoms with Crippen LogP contribution in [0.25, 0.3) is 0 Å². The van der Waals surface area contributed by atoms with Crippen molar-refractivity contribution in [3.63, 3.8) is 0 Å². The van der Waals surface area contributed by atoms with Gasteiger partial charge in [-0.1, -0.05) is 13.8 Å². The number of aryl methyl sites for hydroxylation is 1. The second kappa shape index (κ2) is 5.87. The van der Waals surface area contributed by atoms with Gasteiger partial charge in [-0.3, -0.25) is 14.5 Å². The third-order valence-corrected chi connectivity index (χ3v) is 3.84. The highest BCUT2D eigenvalue weighted by molar-refractivity contribution is 5.91. The molecule has 2 heterocycles. The lowest BCUT2D eigenvalue weighted by molar-refractivity contribution is -0.115. The van der Waals surface area contributed by atoms with E-state index in [1.54, 1.807) is 10.9 Å². The molecule has 6 heteroatoms. The molecule has 1 aliphatic rings. The van der Waals surface area contributed by atoms with Crippen LogP contribution in [-0.2, 0) is 18.3 Å². The van der Waals surface area contributed by atoms with Crippen LogP contribution in [0.3, 0.4) is 0 Å². The Morgan fingerprint density at radius 3 is 2.86 bits per heavy atom. The summed E-state index contributed by atoms with van der Waals surface area (Å²) in [5, 5.41) is 7.27. The summed E-state index contributed by atoms with van der Waals surface area (Å²) in [6, 6.07) is 1.96. The molecule has 0 aliphatic heterocycles. The van der Waals surface area contributed by atoms with Crippen LogP contribution in [0.5, 0.6) is 0 Å². The van der Waals surface area contributed by atoms with E-state index >= 15 is 0 Å². The van der Waals surface area contributed by atoms with Crippen molar-refractivity contribution >= 4 is 11.6 Å². The van der Waals surface area contributed by atoms with E-state index in [1.165, 1.54) is 0 Å². The fourth-order valence-electron chi connectivity index (χ4n) is 2.30. The largest absolute Gasteiger partial charge is 0.324 e. The van der Waals surface area contributed by atoms with Gasteiger partial charge in [-0.05, 0) is 30.4 Å². The maximum Gasteiger partial charge on any atom is 0.232 e. The number of pyridine rings is 1. The Labute approximate surface area is 130 Å². The Balaban J connectivity index is 1.66. The molecule has 0 spiro atoms. The number of hydrogen-bond donors (Lipinski definition) is 1. The van der Waals surface area contributed by atoms with Crippen molar-refractivity contribution in [3.05, 3.63) is 35.7 Å². The molecular formula is C16H21N5O. The summed E-state index contributed by atoms with van der Waals surface area (Å²) in [5.41, 5.74) is 1.83. The van der Waals surface area contributed by atoms with Gasteiger partial charge in [0.05, 0.1) is 18.3 Å². The highest BCUT2D eigenvalue weighted by Gasteiger charge is 2.28. The number of nitrogens with one attached hydrogen (secondary N) is 1. The van der Waals surface area contributed by atoms with E-state index in [0.717, 1.165) is 29.9 Å². The topological polar surface area (TPSA) is 72.7 Å². The van der Waals surface area contributed by atoms with E-state index < -0.39 is 0 Å². The first-order valence-electron chi connectivity index (χ1n) is 7.67. The normalized spacial score (nSPS) is 14.4. The minimum atomic E-state index is -0.0967. The predicted octanol–water partition coefficient (Wildman–Crippen LogP) is 2.39. The quantitative estimate of drug-likeness (QED) is 0.920. The number of rotatable bonds is 5. The molecule has 1 saturated carbocycles. The van der Waals surface area contributed by atoms with Gasteiger partial charge in [0.2, 0.25) is 5.91 Å². The van der Waals surface area contributed by atoms with Crippen LogP contribution >= 0.6 is 0 Å². The van der Waals surface area contributed by atoms with Gasteiger partial charge < -0.3 is 5.32 Å². The summed E-state index contributed by atoms with van der Waals surface area (Å²) in [6.45, 7) is 4.20. The molecule has 3 rings (SSSR count). The molecule has 22 heavy (non-hydrogen) atoms. The maximum absolute atomic E-state index is 12.2. The third kappa shape index (κ3) is 3.32. The minimum absolute atomic E-state index is 0.0967. The predicted molar refractivity (Wildman–Crippen MR) is 83.6 cm³/mol. The lowest BCUT2D eigenvalue weighted by Gasteiger charge is -2.08. The molecule has 6 nitrogen and oxygen atoms in total. The first kappa shape index (κ1) is 14.7. The van der Waals surface area contributed by atoms with Crippen molar-refractivity contribution in [2.45, 2.75) is 44.9 Å². The lowest BCUT2D eigenvalue weighted by Crippen LogP contribution is -2.17. The molecule has 1 aliphatic carbocycles. The van der Waals surface area contributed by atoms with Gasteiger partial charge in [0.1, 0.15) is 5.82 Å². The van der Waals surface area contributed by atoms with Crippen LogP contribution in [0.4, 0.5) is 5.69 Å². The minimum Gasteiger partial charge on any atom is -0.324 e. The molecule has 0 aromatic carbocycles. The highest BCUT2D eigenvalue weighted by Crippen LogP contribution is 2.38. The molecule has 0 radical (unpaired) electrons. The SMILES string of the molecule is CC(C)c1cncc(NC(=O)Cc2nc(C3CC3)nn2C)c1. The van der Waals surface area contributed by atoms with Crippen LogP contribution in [0.1, 0.15) is 55.7 Å². The van der Waals surface area contributed by atoms with Crippen molar-refractivity contribution in [1.82, 2.24) is 19.7 Å². The number of aromatic nitrogens is 4. The second-order valence-corrected chi connectivity index (χ2v) is 6.17. The molecule has 2 aromatic heterocycles. The number of anilines is 1. The van der Waals surface area contributed by atoms with E-state index in [0.29, 0.717) is 17.7 Å². The smallest absolute Gasteiger partial charge is 0.232 e. The molecule has 116 valence electrons. The summed E-state index contributed by atoms with van der Waals surface area (Å²) in [7, 11) is 1.84. The first-order valence-corrected chi connectivity index (χ1v) is 7.67. The summed E-state index contributed by atoms with van der Waals surface area (Å²) in [5.74, 6) is 2.35. The van der Waals surface area contributed by atoms with E-state index in [4.69, 9.17) is 0 Å². The molecule has 0 bridgehead atoms. The monoisotopic (exact) mass is 299 g/mol. The van der Waals surface area contributed by atoms with Gasteiger partial charge >= 0.3 is 0 Å². The van der Waals surface area contributed by atoms with E-state index in [1.807, 2.05) is 19.3 Å². The maximum atomic E-state index is 12.2. The van der Waals surface area contributed by atoms with Crippen LogP contribution in [0, 0.1) is 0 Å². The van der Waals surface area contributed by atoms with E-state index in [2.05, 4.69) is 34.2 Å². The Kier molecular flexibility index (Phi) is 3.92. The van der Waals surface area contributed by atoms with Crippen LogP contribution in [0.2, 0.25) is 0 Å². The summed E-state index contributed by atoms with van der Waals surface area (Å²) < 4.78 is 1.70. The van der Waals surface area contributed by atoms with Crippen molar-refractivity contribution in [2.75, 3.05) is 5.32 Å². The first-order chi connectivity index (χ1) is 10.5. The number of carbonyl (C=O) groups is 1. The molecule has 0 saturated heterocycles. The fraction of sp³-hybridized carbons (Fsp3) is 0.500. The molecule has 0 atom stereocenters. The average Bonchev–Trinajstić information content (AvgIpc) is 3.25. The zero-order valence-corrected chi connectivity index (χ0v) is 13.2. The second-order valence-electron chi connectivity index (χ2n) is 6.17. The van der Waals surface area contributed by atoms with Crippen molar-refractivity contribution < 1.29 is 4.79 Å².